The fraction of sp³-hybridized carbons (Fsp3) is 0.158. The maximum atomic E-state index is 12.5. The van der Waals surface area contributed by atoms with Crippen LogP contribution in [0.25, 0.3) is 6.08 Å². The van der Waals surface area contributed by atoms with Crippen molar-refractivity contribution in [2.75, 3.05) is 7.11 Å². The molecule has 0 bridgehead atoms. The number of imide groups is 1. The van der Waals surface area contributed by atoms with Crippen molar-refractivity contribution in [2.24, 2.45) is 0 Å². The molecule has 154 valence electrons. The summed E-state index contributed by atoms with van der Waals surface area (Å²) in [6.45, 7) is 1.42. The molecule has 0 saturated carbocycles. The number of hydrogen-bond donors (Lipinski definition) is 0. The number of hydrogen-bond acceptors (Lipinski definition) is 9. The monoisotopic (exact) mass is 429 g/mol. The molecule has 11 heteroatoms. The zero-order valence-electron chi connectivity index (χ0n) is 15.8. The number of esters is 1. The van der Waals surface area contributed by atoms with E-state index in [4.69, 9.17) is 4.74 Å². The average Bonchev–Trinajstić information content (AvgIpc) is 3.01. The fourth-order valence-corrected chi connectivity index (χ4v) is 3.44. The molecule has 1 atom stereocenters. The Hall–Kier alpha value is -3.73. The van der Waals surface area contributed by atoms with Crippen molar-refractivity contribution in [3.05, 3.63) is 63.2 Å². The molecule has 0 spiro atoms. The van der Waals surface area contributed by atoms with Gasteiger partial charge < -0.3 is 9.47 Å². The molecule has 1 aromatic carbocycles. The highest BCUT2D eigenvalue weighted by Gasteiger charge is 2.41. The summed E-state index contributed by atoms with van der Waals surface area (Å²) < 4.78 is 10.1. The third kappa shape index (κ3) is 4.46. The second-order valence-electron chi connectivity index (χ2n) is 6.03. The number of pyridine rings is 1. The van der Waals surface area contributed by atoms with Gasteiger partial charge in [-0.25, -0.2) is 9.78 Å². The number of carbonyl (C=O) groups excluding carboxylic acids is 3. The highest BCUT2D eigenvalue weighted by Crippen LogP contribution is 2.34. The summed E-state index contributed by atoms with van der Waals surface area (Å²) in [5.74, 6) is -0.634. The Kier molecular flexibility index (Phi) is 6.11. The minimum Gasteiger partial charge on any atom is -0.467 e. The molecular weight excluding hydrogens is 414 g/mol. The van der Waals surface area contributed by atoms with Crippen LogP contribution in [0.15, 0.2) is 47.5 Å². The third-order valence-corrected chi connectivity index (χ3v) is 4.97. The van der Waals surface area contributed by atoms with Gasteiger partial charge in [-0.05, 0) is 42.5 Å². The molecule has 0 radical (unpaired) electrons. The van der Waals surface area contributed by atoms with E-state index >= 15 is 0 Å². The number of nitrogens with zero attached hydrogens (tertiary/aromatic N) is 3. The molecule has 2 amide bonds. The molecule has 1 aliphatic rings. The van der Waals surface area contributed by atoms with E-state index in [1.165, 1.54) is 32.2 Å². The Balaban J connectivity index is 1.71. The topological polar surface area (TPSA) is 129 Å². The van der Waals surface area contributed by atoms with E-state index < -0.39 is 28.1 Å². The summed E-state index contributed by atoms with van der Waals surface area (Å²) in [6.07, 6.45) is 2.62. The first-order valence-corrected chi connectivity index (χ1v) is 9.35. The van der Waals surface area contributed by atoms with Crippen LogP contribution in [0.1, 0.15) is 12.5 Å². The van der Waals surface area contributed by atoms with Crippen LogP contribution < -0.4 is 4.74 Å². The highest BCUT2D eigenvalue weighted by atomic mass is 32.2. The Morgan fingerprint density at radius 1 is 1.23 bits per heavy atom. The molecule has 2 aromatic rings. The van der Waals surface area contributed by atoms with Crippen molar-refractivity contribution < 1.29 is 28.8 Å². The lowest BCUT2D eigenvalue weighted by Crippen LogP contribution is -2.42. The number of benzene rings is 1. The van der Waals surface area contributed by atoms with Crippen LogP contribution >= 0.6 is 11.8 Å². The molecule has 0 aliphatic carbocycles. The summed E-state index contributed by atoms with van der Waals surface area (Å²) in [5.41, 5.74) is 0.489. The second kappa shape index (κ2) is 8.74. The van der Waals surface area contributed by atoms with Crippen LogP contribution in [-0.4, -0.2) is 45.1 Å². The maximum absolute atomic E-state index is 12.5. The summed E-state index contributed by atoms with van der Waals surface area (Å²) >= 11 is 0.738. The standard InChI is InChI=1S/C19H15N3O7S/c1-11(18(24)28-2)21-17(23)15(30-19(21)25)9-12-3-6-14(7-4-12)29-16-8-5-13(10-20-16)22(26)27/h3-11H,1-2H3/b15-9+/t11-/m1/s1. The zero-order valence-corrected chi connectivity index (χ0v) is 16.6. The molecule has 1 fully saturated rings. The van der Waals surface area contributed by atoms with Crippen LogP contribution in [0, 0.1) is 10.1 Å². The molecular formula is C19H15N3O7S. The predicted octanol–water partition coefficient (Wildman–Crippen LogP) is 3.38. The van der Waals surface area contributed by atoms with E-state index in [0.29, 0.717) is 11.3 Å². The first kappa shape index (κ1) is 21.0. The minimum absolute atomic E-state index is 0.145. The van der Waals surface area contributed by atoms with Gasteiger partial charge in [0.25, 0.3) is 16.8 Å². The Morgan fingerprint density at radius 3 is 2.50 bits per heavy atom. The van der Waals surface area contributed by atoms with E-state index in [1.54, 1.807) is 24.3 Å². The molecule has 3 rings (SSSR count). The first-order chi connectivity index (χ1) is 14.3. The maximum Gasteiger partial charge on any atom is 0.328 e. The fourth-order valence-electron chi connectivity index (χ4n) is 2.53. The number of methoxy groups -OCH3 is 1. The van der Waals surface area contributed by atoms with Gasteiger partial charge >= 0.3 is 5.97 Å². The van der Waals surface area contributed by atoms with Crippen LogP contribution in [-0.2, 0) is 14.3 Å². The number of rotatable bonds is 6. The van der Waals surface area contributed by atoms with E-state index in [9.17, 15) is 24.5 Å². The minimum atomic E-state index is -1.02. The summed E-state index contributed by atoms with van der Waals surface area (Å²) in [5, 5.41) is 10.1. The molecule has 1 aromatic heterocycles. The quantitative estimate of drug-likeness (QED) is 0.294. The predicted molar refractivity (Wildman–Crippen MR) is 107 cm³/mol. The van der Waals surface area contributed by atoms with E-state index in [2.05, 4.69) is 9.72 Å². The van der Waals surface area contributed by atoms with E-state index in [0.717, 1.165) is 22.9 Å². The van der Waals surface area contributed by atoms with Crippen LogP contribution in [0.3, 0.4) is 0 Å². The SMILES string of the molecule is COC(=O)[C@@H](C)N1C(=O)S/C(=C/c2ccc(Oc3ccc([N+](=O)[O-])cn3)cc2)C1=O. The molecule has 10 nitrogen and oxygen atoms in total. The van der Waals surface area contributed by atoms with Gasteiger partial charge in [-0.15, -0.1) is 0 Å². The third-order valence-electron chi connectivity index (χ3n) is 4.08. The molecule has 2 heterocycles. The van der Waals surface area contributed by atoms with Crippen molar-refractivity contribution in [1.82, 2.24) is 9.88 Å². The van der Waals surface area contributed by atoms with Gasteiger partial charge in [0.2, 0.25) is 5.88 Å². The van der Waals surface area contributed by atoms with E-state index in [1.807, 2.05) is 0 Å². The molecule has 1 saturated heterocycles. The normalized spacial score (nSPS) is 15.9. The summed E-state index contributed by atoms with van der Waals surface area (Å²) in [4.78, 5) is 51.3. The van der Waals surface area contributed by atoms with Gasteiger partial charge in [-0.2, -0.15) is 0 Å². The highest BCUT2D eigenvalue weighted by molar-refractivity contribution is 8.18. The Bertz CT molecular complexity index is 1040. The van der Waals surface area contributed by atoms with Crippen LogP contribution in [0.4, 0.5) is 10.5 Å². The van der Waals surface area contributed by atoms with Crippen molar-refractivity contribution in [3.8, 4) is 11.6 Å². The number of nitro groups is 1. The smallest absolute Gasteiger partial charge is 0.328 e. The van der Waals surface area contributed by atoms with E-state index in [-0.39, 0.29) is 16.5 Å². The first-order valence-electron chi connectivity index (χ1n) is 8.53. The lowest BCUT2D eigenvalue weighted by atomic mass is 10.2. The number of aromatic nitrogens is 1. The molecule has 0 unspecified atom stereocenters. The van der Waals surface area contributed by atoms with Gasteiger partial charge in [0.05, 0.1) is 16.9 Å². The number of ether oxygens (including phenoxy) is 2. The van der Waals surface area contributed by atoms with Crippen molar-refractivity contribution in [3.63, 3.8) is 0 Å². The molecule has 30 heavy (non-hydrogen) atoms. The lowest BCUT2D eigenvalue weighted by Gasteiger charge is -2.18. The van der Waals surface area contributed by atoms with Crippen LogP contribution in [0.2, 0.25) is 0 Å². The lowest BCUT2D eigenvalue weighted by molar-refractivity contribution is -0.385. The number of thioether (sulfide) groups is 1. The Morgan fingerprint density at radius 2 is 1.93 bits per heavy atom. The zero-order chi connectivity index (χ0) is 21.8. The van der Waals surface area contributed by atoms with Gasteiger partial charge in [0, 0.05) is 12.1 Å². The van der Waals surface area contributed by atoms with Gasteiger partial charge in [0.1, 0.15) is 18.0 Å². The second-order valence-corrected chi connectivity index (χ2v) is 7.03. The average molecular weight is 429 g/mol. The molecule has 1 aliphatic heterocycles. The van der Waals surface area contributed by atoms with Gasteiger partial charge in [-0.1, -0.05) is 12.1 Å². The van der Waals surface area contributed by atoms with Crippen molar-refractivity contribution in [2.45, 2.75) is 13.0 Å². The number of carbonyl (C=O) groups is 3. The largest absolute Gasteiger partial charge is 0.467 e. The Labute approximate surface area is 174 Å². The van der Waals surface area contributed by atoms with Crippen molar-refractivity contribution in [1.29, 1.82) is 0 Å². The summed E-state index contributed by atoms with van der Waals surface area (Å²) in [7, 11) is 1.18. The van der Waals surface area contributed by atoms with Gasteiger partial charge in [0.15, 0.2) is 0 Å². The number of amides is 2. The van der Waals surface area contributed by atoms with Crippen molar-refractivity contribution >= 4 is 40.6 Å². The van der Waals surface area contributed by atoms with Gasteiger partial charge in [-0.3, -0.25) is 24.6 Å². The molecule has 0 N–H and O–H groups in total. The summed E-state index contributed by atoms with van der Waals surface area (Å²) in [6, 6.07) is 8.22. The van der Waals surface area contributed by atoms with Crippen LogP contribution in [0.5, 0.6) is 11.6 Å².